The molecule has 23 heavy (non-hydrogen) atoms. The summed E-state index contributed by atoms with van der Waals surface area (Å²) in [5.41, 5.74) is 5.28. The first-order valence-electron chi connectivity index (χ1n) is 8.03. The van der Waals surface area contributed by atoms with Crippen LogP contribution in [-0.2, 0) is 7.05 Å². The lowest BCUT2D eigenvalue weighted by atomic mass is 9.95. The maximum absolute atomic E-state index is 2.32. The van der Waals surface area contributed by atoms with Gasteiger partial charge in [0.1, 0.15) is 7.05 Å². The van der Waals surface area contributed by atoms with Crippen LogP contribution in [0.2, 0.25) is 0 Å². The zero-order chi connectivity index (χ0) is 16.0. The maximum atomic E-state index is 2.32. The molecule has 0 spiro atoms. The molecule has 1 heterocycles. The highest BCUT2D eigenvalue weighted by Gasteiger charge is 2.17. The van der Waals surface area contributed by atoms with E-state index in [0.29, 0.717) is 0 Å². The highest BCUT2D eigenvalue weighted by molar-refractivity contribution is 6.03. The number of pyridine rings is 1. The molecule has 112 valence electrons. The topological polar surface area (TPSA) is 3.88 Å². The van der Waals surface area contributed by atoms with Gasteiger partial charge in [-0.2, -0.15) is 0 Å². The standard InChI is InChI=1S/C22H20N/c1-15-7-6-10-20(16(15)2)22-21-14-18-9-5-4-8-17(18)13-19(21)11-12-23(22)3/h4-14H,1-3H3/q+1. The summed E-state index contributed by atoms with van der Waals surface area (Å²) in [6.45, 7) is 4.39. The molecule has 1 nitrogen and oxygen atoms in total. The van der Waals surface area contributed by atoms with Gasteiger partial charge in [0.15, 0.2) is 6.20 Å². The predicted octanol–water partition coefficient (Wildman–Crippen LogP) is 5.10. The minimum Gasteiger partial charge on any atom is -0.200 e. The minimum atomic E-state index is 1.29. The van der Waals surface area contributed by atoms with Crippen LogP contribution in [0.25, 0.3) is 32.8 Å². The summed E-state index contributed by atoms with van der Waals surface area (Å²) < 4.78 is 2.24. The van der Waals surface area contributed by atoms with Crippen molar-refractivity contribution in [1.82, 2.24) is 0 Å². The Kier molecular flexibility index (Phi) is 3.16. The van der Waals surface area contributed by atoms with Crippen LogP contribution in [0.4, 0.5) is 0 Å². The number of fused-ring (bicyclic) bond motifs is 2. The number of aryl methyl sites for hydroxylation is 2. The van der Waals surface area contributed by atoms with Crippen LogP contribution in [-0.4, -0.2) is 0 Å². The van der Waals surface area contributed by atoms with Crippen LogP contribution in [0, 0.1) is 13.8 Å². The molecule has 0 unspecified atom stereocenters. The molecule has 0 aliphatic heterocycles. The molecule has 0 amide bonds. The fourth-order valence-electron chi connectivity index (χ4n) is 3.40. The quantitative estimate of drug-likeness (QED) is 0.340. The Morgan fingerprint density at radius 3 is 2.26 bits per heavy atom. The molecule has 0 radical (unpaired) electrons. The Morgan fingerprint density at radius 2 is 1.48 bits per heavy atom. The van der Waals surface area contributed by atoms with Crippen molar-refractivity contribution in [1.29, 1.82) is 0 Å². The van der Waals surface area contributed by atoms with E-state index >= 15 is 0 Å². The SMILES string of the molecule is Cc1cccc(-c2c3cc4ccccc4cc3cc[n+]2C)c1C. The van der Waals surface area contributed by atoms with E-state index in [1.54, 1.807) is 0 Å². The average molecular weight is 298 g/mol. The Hall–Kier alpha value is -2.67. The first-order valence-corrected chi connectivity index (χ1v) is 8.03. The Balaban J connectivity index is 2.14. The van der Waals surface area contributed by atoms with E-state index in [4.69, 9.17) is 0 Å². The van der Waals surface area contributed by atoms with Crippen molar-refractivity contribution in [3.8, 4) is 11.3 Å². The number of benzene rings is 3. The van der Waals surface area contributed by atoms with Gasteiger partial charge in [-0.05, 0) is 59.3 Å². The summed E-state index contributed by atoms with van der Waals surface area (Å²) >= 11 is 0. The number of aromatic nitrogens is 1. The molecule has 0 aliphatic carbocycles. The van der Waals surface area contributed by atoms with E-state index in [1.807, 2.05) is 0 Å². The highest BCUT2D eigenvalue weighted by Crippen LogP contribution is 2.31. The third-order valence-electron chi connectivity index (χ3n) is 4.86. The van der Waals surface area contributed by atoms with Crippen molar-refractivity contribution in [3.63, 3.8) is 0 Å². The molecule has 4 aromatic rings. The van der Waals surface area contributed by atoms with Gasteiger partial charge in [0.05, 0.1) is 5.39 Å². The lowest BCUT2D eigenvalue weighted by Crippen LogP contribution is -2.30. The fourth-order valence-corrected chi connectivity index (χ4v) is 3.40. The average Bonchev–Trinajstić information content (AvgIpc) is 2.56. The first-order chi connectivity index (χ1) is 11.1. The zero-order valence-electron chi connectivity index (χ0n) is 13.8. The van der Waals surface area contributed by atoms with Crippen LogP contribution in [0.5, 0.6) is 0 Å². The van der Waals surface area contributed by atoms with Gasteiger partial charge in [0.25, 0.3) is 0 Å². The molecular weight excluding hydrogens is 278 g/mol. The van der Waals surface area contributed by atoms with Gasteiger partial charge in [-0.3, -0.25) is 0 Å². The summed E-state index contributed by atoms with van der Waals surface area (Å²) in [6.07, 6.45) is 2.16. The monoisotopic (exact) mass is 298 g/mol. The third-order valence-corrected chi connectivity index (χ3v) is 4.86. The van der Waals surface area contributed by atoms with E-state index in [-0.39, 0.29) is 0 Å². The van der Waals surface area contributed by atoms with Crippen LogP contribution < -0.4 is 4.57 Å². The molecule has 0 atom stereocenters. The van der Waals surface area contributed by atoms with Crippen molar-refractivity contribution in [2.75, 3.05) is 0 Å². The van der Waals surface area contributed by atoms with Crippen molar-refractivity contribution >= 4 is 21.5 Å². The number of rotatable bonds is 1. The molecule has 0 N–H and O–H groups in total. The maximum Gasteiger partial charge on any atom is 0.220 e. The highest BCUT2D eigenvalue weighted by atomic mass is 14.9. The summed E-state index contributed by atoms with van der Waals surface area (Å²) in [5.74, 6) is 0. The van der Waals surface area contributed by atoms with E-state index < -0.39 is 0 Å². The molecule has 4 rings (SSSR count). The Morgan fingerprint density at radius 1 is 0.739 bits per heavy atom. The second kappa shape index (κ2) is 5.20. The number of nitrogens with zero attached hydrogens (tertiary/aromatic N) is 1. The molecule has 0 saturated carbocycles. The van der Waals surface area contributed by atoms with Gasteiger partial charge in [-0.25, -0.2) is 4.57 Å². The van der Waals surface area contributed by atoms with E-state index in [9.17, 15) is 0 Å². The van der Waals surface area contributed by atoms with Gasteiger partial charge in [-0.1, -0.05) is 36.4 Å². The van der Waals surface area contributed by atoms with Crippen LogP contribution in [0.3, 0.4) is 0 Å². The lowest BCUT2D eigenvalue weighted by molar-refractivity contribution is -0.659. The van der Waals surface area contributed by atoms with Gasteiger partial charge in [0.2, 0.25) is 5.69 Å². The normalized spacial score (nSPS) is 11.3. The van der Waals surface area contributed by atoms with E-state index in [0.717, 1.165) is 0 Å². The summed E-state index contributed by atoms with van der Waals surface area (Å²) in [4.78, 5) is 0. The Labute approximate surface area is 136 Å². The molecular formula is C22H20N+. The number of hydrogen-bond donors (Lipinski definition) is 0. The van der Waals surface area contributed by atoms with Crippen LogP contribution in [0.1, 0.15) is 11.1 Å². The third kappa shape index (κ3) is 2.20. The van der Waals surface area contributed by atoms with Crippen molar-refractivity contribution in [2.45, 2.75) is 13.8 Å². The lowest BCUT2D eigenvalue weighted by Gasteiger charge is -2.10. The van der Waals surface area contributed by atoms with Crippen molar-refractivity contribution in [2.24, 2.45) is 7.05 Å². The first kappa shape index (κ1) is 14.0. The molecule has 1 heteroatoms. The molecule has 0 saturated heterocycles. The number of hydrogen-bond acceptors (Lipinski definition) is 0. The second-order valence-corrected chi connectivity index (χ2v) is 6.31. The van der Waals surface area contributed by atoms with Crippen LogP contribution >= 0.6 is 0 Å². The van der Waals surface area contributed by atoms with Gasteiger partial charge < -0.3 is 0 Å². The molecule has 0 aliphatic rings. The summed E-state index contributed by atoms with van der Waals surface area (Å²) in [7, 11) is 2.13. The van der Waals surface area contributed by atoms with Crippen molar-refractivity contribution in [3.05, 3.63) is 78.0 Å². The fraction of sp³-hybridized carbons (Fsp3) is 0.136. The molecule has 1 aromatic heterocycles. The smallest absolute Gasteiger partial charge is 0.200 e. The molecule has 0 bridgehead atoms. The second-order valence-electron chi connectivity index (χ2n) is 6.31. The van der Waals surface area contributed by atoms with Crippen molar-refractivity contribution < 1.29 is 4.57 Å². The van der Waals surface area contributed by atoms with E-state index in [2.05, 4.69) is 92.3 Å². The summed E-state index contributed by atoms with van der Waals surface area (Å²) in [5, 5.41) is 5.18. The largest absolute Gasteiger partial charge is 0.220 e. The Bertz CT molecular complexity index is 1040. The van der Waals surface area contributed by atoms with E-state index in [1.165, 1.54) is 43.9 Å². The van der Waals surface area contributed by atoms with Gasteiger partial charge in [0, 0.05) is 11.6 Å². The zero-order valence-corrected chi connectivity index (χ0v) is 13.8. The molecule has 3 aromatic carbocycles. The predicted molar refractivity (Wildman–Crippen MR) is 97.5 cm³/mol. The van der Waals surface area contributed by atoms with Gasteiger partial charge in [-0.15, -0.1) is 0 Å². The van der Waals surface area contributed by atoms with Crippen LogP contribution in [0.15, 0.2) is 66.9 Å². The summed E-state index contributed by atoms with van der Waals surface area (Å²) in [6, 6.07) is 22.0. The minimum absolute atomic E-state index is 1.29. The molecule has 0 fully saturated rings. The van der Waals surface area contributed by atoms with Gasteiger partial charge >= 0.3 is 0 Å².